The Morgan fingerprint density at radius 1 is 1.19 bits per heavy atom. The summed E-state index contributed by atoms with van der Waals surface area (Å²) in [5.41, 5.74) is 3.20. The van der Waals surface area contributed by atoms with Gasteiger partial charge in [0.25, 0.3) is 0 Å². The summed E-state index contributed by atoms with van der Waals surface area (Å²) in [6.45, 7) is 1.69. The van der Waals surface area contributed by atoms with Crippen LogP contribution < -0.4 is 5.32 Å². The molecule has 0 spiro atoms. The van der Waals surface area contributed by atoms with Crippen LogP contribution in [0.25, 0.3) is 5.69 Å². The molecule has 1 N–H and O–H groups in total. The lowest BCUT2D eigenvalue weighted by atomic mass is 10.3. The van der Waals surface area contributed by atoms with Crippen molar-refractivity contribution in [2.45, 2.75) is 13.1 Å². The van der Waals surface area contributed by atoms with Crippen LogP contribution in [0.2, 0.25) is 0 Å². The average molecular weight is 240 g/mol. The molecule has 5 heteroatoms. The Kier molecular flexibility index (Phi) is 2.94. The standard InChI is InChI=1S/C11H10FN3.ClH/c12-9-1-3-10(4-2-9)15-7-8-5-13-6-11(8)14-15;/h1-4,7,13H,5-6H2;1H. The molecular formula is C11H11ClFN3. The van der Waals surface area contributed by atoms with Crippen LogP contribution in [0, 0.1) is 5.82 Å². The maximum absolute atomic E-state index is 12.7. The van der Waals surface area contributed by atoms with E-state index in [1.54, 1.807) is 16.8 Å². The molecule has 16 heavy (non-hydrogen) atoms. The molecule has 0 fully saturated rings. The molecule has 0 amide bonds. The van der Waals surface area contributed by atoms with E-state index in [4.69, 9.17) is 0 Å². The molecule has 1 aromatic carbocycles. The van der Waals surface area contributed by atoms with E-state index in [2.05, 4.69) is 10.4 Å². The highest BCUT2D eigenvalue weighted by atomic mass is 35.5. The number of benzene rings is 1. The monoisotopic (exact) mass is 239 g/mol. The molecule has 0 atom stereocenters. The van der Waals surface area contributed by atoms with Crippen molar-refractivity contribution in [3.8, 4) is 5.69 Å². The molecule has 1 aliphatic heterocycles. The van der Waals surface area contributed by atoms with Crippen LogP contribution in [0.3, 0.4) is 0 Å². The van der Waals surface area contributed by atoms with E-state index in [-0.39, 0.29) is 18.2 Å². The zero-order valence-corrected chi connectivity index (χ0v) is 9.30. The third-order valence-corrected chi connectivity index (χ3v) is 2.58. The number of nitrogens with one attached hydrogen (secondary N) is 1. The number of rotatable bonds is 1. The molecule has 2 heterocycles. The van der Waals surface area contributed by atoms with Crippen molar-refractivity contribution in [1.29, 1.82) is 0 Å². The minimum atomic E-state index is -0.222. The second-order valence-corrected chi connectivity index (χ2v) is 3.63. The fourth-order valence-corrected chi connectivity index (χ4v) is 1.78. The summed E-state index contributed by atoms with van der Waals surface area (Å²) < 4.78 is 14.5. The summed E-state index contributed by atoms with van der Waals surface area (Å²) in [6.07, 6.45) is 1.99. The summed E-state index contributed by atoms with van der Waals surface area (Å²) in [4.78, 5) is 0. The van der Waals surface area contributed by atoms with E-state index in [0.717, 1.165) is 24.5 Å². The molecule has 0 bridgehead atoms. The number of hydrogen-bond donors (Lipinski definition) is 1. The quantitative estimate of drug-likeness (QED) is 0.825. The van der Waals surface area contributed by atoms with Crippen molar-refractivity contribution in [2.75, 3.05) is 0 Å². The average Bonchev–Trinajstić information content (AvgIpc) is 2.78. The minimum Gasteiger partial charge on any atom is -0.307 e. The molecule has 3 nitrogen and oxygen atoms in total. The van der Waals surface area contributed by atoms with E-state index < -0.39 is 0 Å². The first-order valence-corrected chi connectivity index (χ1v) is 4.87. The summed E-state index contributed by atoms with van der Waals surface area (Å²) in [5.74, 6) is -0.222. The van der Waals surface area contributed by atoms with Crippen molar-refractivity contribution < 1.29 is 4.39 Å². The predicted molar refractivity (Wildman–Crippen MR) is 61.3 cm³/mol. The van der Waals surface area contributed by atoms with Gasteiger partial charge in [0.15, 0.2) is 0 Å². The molecule has 1 aliphatic rings. The van der Waals surface area contributed by atoms with Crippen LogP contribution in [0.15, 0.2) is 30.5 Å². The lowest BCUT2D eigenvalue weighted by molar-refractivity contribution is 0.626. The minimum absolute atomic E-state index is 0. The van der Waals surface area contributed by atoms with Crippen LogP contribution in [-0.4, -0.2) is 9.78 Å². The van der Waals surface area contributed by atoms with Crippen LogP contribution >= 0.6 is 12.4 Å². The summed E-state index contributed by atoms with van der Waals surface area (Å²) in [7, 11) is 0. The second-order valence-electron chi connectivity index (χ2n) is 3.63. The van der Waals surface area contributed by atoms with Crippen LogP contribution in [-0.2, 0) is 13.1 Å². The smallest absolute Gasteiger partial charge is 0.123 e. The molecule has 2 aromatic rings. The van der Waals surface area contributed by atoms with E-state index in [9.17, 15) is 4.39 Å². The van der Waals surface area contributed by atoms with Gasteiger partial charge in [-0.25, -0.2) is 9.07 Å². The molecule has 3 rings (SSSR count). The molecule has 0 saturated heterocycles. The fourth-order valence-electron chi connectivity index (χ4n) is 1.78. The Bertz CT molecular complexity index is 471. The van der Waals surface area contributed by atoms with Crippen LogP contribution in [0.4, 0.5) is 4.39 Å². The highest BCUT2D eigenvalue weighted by molar-refractivity contribution is 5.85. The van der Waals surface area contributed by atoms with E-state index in [1.165, 1.54) is 17.7 Å². The van der Waals surface area contributed by atoms with Crippen LogP contribution in [0.5, 0.6) is 0 Å². The Balaban J connectivity index is 0.000000963. The van der Waals surface area contributed by atoms with E-state index in [0.29, 0.717) is 0 Å². The van der Waals surface area contributed by atoms with Gasteiger partial charge in [-0.2, -0.15) is 5.10 Å². The topological polar surface area (TPSA) is 29.9 Å². The predicted octanol–water partition coefficient (Wildman–Crippen LogP) is 2.04. The third kappa shape index (κ3) is 1.81. The largest absolute Gasteiger partial charge is 0.307 e. The van der Waals surface area contributed by atoms with Gasteiger partial charge < -0.3 is 5.32 Å². The highest BCUT2D eigenvalue weighted by Gasteiger charge is 2.14. The van der Waals surface area contributed by atoms with Gasteiger partial charge in [0.1, 0.15) is 5.82 Å². The SMILES string of the molecule is Cl.Fc1ccc(-n2cc3c(n2)CNC3)cc1. The van der Waals surface area contributed by atoms with Gasteiger partial charge in [0, 0.05) is 24.8 Å². The van der Waals surface area contributed by atoms with Gasteiger partial charge in [-0.3, -0.25) is 0 Å². The maximum atomic E-state index is 12.7. The van der Waals surface area contributed by atoms with Crippen molar-refractivity contribution in [2.24, 2.45) is 0 Å². The zero-order chi connectivity index (χ0) is 10.3. The van der Waals surface area contributed by atoms with Gasteiger partial charge in [0.05, 0.1) is 11.4 Å². The van der Waals surface area contributed by atoms with Gasteiger partial charge in [-0.1, -0.05) is 0 Å². The summed E-state index contributed by atoms with van der Waals surface area (Å²) in [6, 6.07) is 6.34. The van der Waals surface area contributed by atoms with Crippen molar-refractivity contribution >= 4 is 12.4 Å². The van der Waals surface area contributed by atoms with Crippen molar-refractivity contribution in [1.82, 2.24) is 15.1 Å². The Hall–Kier alpha value is -1.39. The number of aromatic nitrogens is 2. The highest BCUT2D eigenvalue weighted by Crippen LogP contribution is 2.16. The molecular weight excluding hydrogens is 229 g/mol. The first-order chi connectivity index (χ1) is 7.33. The molecule has 0 radical (unpaired) electrons. The van der Waals surface area contributed by atoms with E-state index >= 15 is 0 Å². The molecule has 0 aliphatic carbocycles. The first kappa shape index (κ1) is 11.1. The zero-order valence-electron chi connectivity index (χ0n) is 8.48. The fraction of sp³-hybridized carbons (Fsp3) is 0.182. The van der Waals surface area contributed by atoms with Crippen molar-refractivity contribution in [3.63, 3.8) is 0 Å². The summed E-state index contributed by atoms with van der Waals surface area (Å²) in [5, 5.41) is 7.64. The Morgan fingerprint density at radius 2 is 1.94 bits per heavy atom. The Labute approximate surface area is 98.7 Å². The second kappa shape index (κ2) is 4.23. The molecule has 84 valence electrons. The van der Waals surface area contributed by atoms with Gasteiger partial charge in [0.2, 0.25) is 0 Å². The third-order valence-electron chi connectivity index (χ3n) is 2.58. The van der Waals surface area contributed by atoms with Crippen molar-refractivity contribution in [3.05, 3.63) is 47.5 Å². The van der Waals surface area contributed by atoms with Gasteiger partial charge in [-0.05, 0) is 24.3 Å². The number of halogens is 2. The molecule has 0 unspecified atom stereocenters. The lowest BCUT2D eigenvalue weighted by Gasteiger charge is -2.01. The maximum Gasteiger partial charge on any atom is 0.123 e. The normalized spacial score (nSPS) is 13.3. The molecule has 1 aromatic heterocycles. The number of fused-ring (bicyclic) bond motifs is 1. The Morgan fingerprint density at radius 3 is 2.62 bits per heavy atom. The lowest BCUT2D eigenvalue weighted by Crippen LogP contribution is -2.05. The number of hydrogen-bond acceptors (Lipinski definition) is 2. The molecule has 0 saturated carbocycles. The van der Waals surface area contributed by atoms with E-state index in [1.807, 2.05) is 6.20 Å². The summed E-state index contributed by atoms with van der Waals surface area (Å²) >= 11 is 0. The number of nitrogens with zero attached hydrogens (tertiary/aromatic N) is 2. The van der Waals surface area contributed by atoms with Gasteiger partial charge >= 0.3 is 0 Å². The van der Waals surface area contributed by atoms with Crippen LogP contribution in [0.1, 0.15) is 11.3 Å². The first-order valence-electron chi connectivity index (χ1n) is 4.87. The van der Waals surface area contributed by atoms with Gasteiger partial charge in [-0.15, -0.1) is 12.4 Å².